The van der Waals surface area contributed by atoms with E-state index >= 15 is 0 Å². The zero-order valence-corrected chi connectivity index (χ0v) is 14.6. The van der Waals surface area contributed by atoms with Crippen LogP contribution in [0.15, 0.2) is 53.3 Å². The van der Waals surface area contributed by atoms with E-state index < -0.39 is 10.5 Å². The number of nitrogens with zero attached hydrogens (tertiary/aromatic N) is 3. The topological polar surface area (TPSA) is 113 Å². The van der Waals surface area contributed by atoms with Crippen molar-refractivity contribution in [3.8, 4) is 11.8 Å². The van der Waals surface area contributed by atoms with Crippen LogP contribution in [-0.4, -0.2) is 29.6 Å². The molecule has 0 saturated heterocycles. The largest absolute Gasteiger partial charge is 0.384 e. The first-order chi connectivity index (χ1) is 13.0. The van der Waals surface area contributed by atoms with E-state index in [1.54, 1.807) is 6.07 Å². The predicted molar refractivity (Wildman–Crippen MR) is 103 cm³/mol. The summed E-state index contributed by atoms with van der Waals surface area (Å²) in [5.74, 6) is 0. The van der Waals surface area contributed by atoms with E-state index in [9.17, 15) is 20.2 Å². The van der Waals surface area contributed by atoms with Crippen LogP contribution in [0.5, 0.6) is 0 Å². The summed E-state index contributed by atoms with van der Waals surface area (Å²) in [6.07, 6.45) is 0. The molecule has 2 N–H and O–H groups in total. The first-order valence-electron chi connectivity index (χ1n) is 8.28. The summed E-state index contributed by atoms with van der Waals surface area (Å²) in [7, 11) is 1.86. The Morgan fingerprint density at radius 3 is 2.52 bits per heavy atom. The van der Waals surface area contributed by atoms with E-state index in [2.05, 4.69) is 10.6 Å². The second-order valence-corrected chi connectivity index (χ2v) is 5.89. The lowest BCUT2D eigenvalue weighted by Crippen LogP contribution is -2.22. The number of benzene rings is 2. The zero-order valence-electron chi connectivity index (χ0n) is 14.6. The van der Waals surface area contributed by atoms with Gasteiger partial charge in [0.15, 0.2) is 0 Å². The minimum absolute atomic E-state index is 0.0109. The Morgan fingerprint density at radius 1 is 1.15 bits per heavy atom. The van der Waals surface area contributed by atoms with Crippen molar-refractivity contribution in [3.05, 3.63) is 74.6 Å². The van der Waals surface area contributed by atoms with Gasteiger partial charge in [-0.15, -0.1) is 0 Å². The van der Waals surface area contributed by atoms with Crippen molar-refractivity contribution in [2.75, 3.05) is 25.5 Å². The molecule has 2 aromatic carbocycles. The van der Waals surface area contributed by atoms with Gasteiger partial charge in [0.05, 0.1) is 10.4 Å². The SMILES string of the molecule is CNCCNc1ccc2cc(C#N)c(=O)n(-c3ccc([N+](=O)[O-])cc3)c2c1. The van der Waals surface area contributed by atoms with Crippen LogP contribution < -0.4 is 16.2 Å². The van der Waals surface area contributed by atoms with Crippen LogP contribution in [0, 0.1) is 21.4 Å². The third kappa shape index (κ3) is 3.63. The molecule has 1 aromatic heterocycles. The van der Waals surface area contributed by atoms with Crippen molar-refractivity contribution in [1.29, 1.82) is 5.26 Å². The van der Waals surface area contributed by atoms with Crippen LogP contribution in [0.2, 0.25) is 0 Å². The van der Waals surface area contributed by atoms with E-state index in [1.807, 2.05) is 31.3 Å². The fraction of sp³-hybridized carbons (Fsp3) is 0.158. The molecule has 0 aliphatic heterocycles. The Kier molecular flexibility index (Phi) is 5.15. The van der Waals surface area contributed by atoms with Crippen LogP contribution in [-0.2, 0) is 0 Å². The van der Waals surface area contributed by atoms with Crippen LogP contribution >= 0.6 is 0 Å². The number of rotatable bonds is 6. The lowest BCUT2D eigenvalue weighted by molar-refractivity contribution is -0.384. The lowest BCUT2D eigenvalue weighted by atomic mass is 10.1. The Labute approximate surface area is 154 Å². The number of pyridine rings is 1. The van der Waals surface area contributed by atoms with Crippen LogP contribution in [0.25, 0.3) is 16.6 Å². The van der Waals surface area contributed by atoms with E-state index in [4.69, 9.17) is 0 Å². The maximum Gasteiger partial charge on any atom is 0.273 e. The highest BCUT2D eigenvalue weighted by molar-refractivity contribution is 5.85. The van der Waals surface area contributed by atoms with E-state index in [1.165, 1.54) is 28.8 Å². The van der Waals surface area contributed by atoms with Crippen molar-refractivity contribution in [2.45, 2.75) is 0 Å². The van der Waals surface area contributed by atoms with E-state index in [0.717, 1.165) is 17.6 Å². The van der Waals surface area contributed by atoms with E-state index in [-0.39, 0.29) is 11.3 Å². The van der Waals surface area contributed by atoms with Crippen molar-refractivity contribution < 1.29 is 4.92 Å². The third-order valence-corrected chi connectivity index (χ3v) is 4.15. The minimum Gasteiger partial charge on any atom is -0.384 e. The second kappa shape index (κ2) is 7.68. The number of likely N-dealkylation sites (N-methyl/N-ethyl adjacent to an activating group) is 1. The molecule has 27 heavy (non-hydrogen) atoms. The van der Waals surface area contributed by atoms with Gasteiger partial charge in [-0.1, -0.05) is 6.07 Å². The summed E-state index contributed by atoms with van der Waals surface area (Å²) in [5.41, 5.74) is 1.38. The molecule has 3 aromatic rings. The summed E-state index contributed by atoms with van der Waals surface area (Å²) in [6.45, 7) is 1.49. The fourth-order valence-corrected chi connectivity index (χ4v) is 2.81. The number of nitrogens with one attached hydrogen (secondary N) is 2. The maximum atomic E-state index is 12.8. The van der Waals surface area contributed by atoms with Gasteiger partial charge in [-0.3, -0.25) is 19.5 Å². The molecule has 0 spiro atoms. The molecule has 0 radical (unpaired) electrons. The highest BCUT2D eigenvalue weighted by Crippen LogP contribution is 2.23. The standard InChI is InChI=1S/C19H17N5O3/c1-21-8-9-22-15-3-2-13-10-14(12-20)19(25)23(18(13)11-15)16-4-6-17(7-5-16)24(26)27/h2-7,10-11,21-22H,8-9H2,1H3. The Balaban J connectivity index is 2.19. The molecule has 136 valence electrons. The van der Waals surface area contributed by atoms with Crippen LogP contribution in [0.4, 0.5) is 11.4 Å². The predicted octanol–water partition coefficient (Wildman–Crippen LogP) is 2.40. The monoisotopic (exact) mass is 363 g/mol. The van der Waals surface area contributed by atoms with Gasteiger partial charge in [-0.25, -0.2) is 0 Å². The number of fused-ring (bicyclic) bond motifs is 1. The molecule has 0 amide bonds. The van der Waals surface area contributed by atoms with Gasteiger partial charge in [0.1, 0.15) is 11.6 Å². The molecule has 8 heteroatoms. The van der Waals surface area contributed by atoms with Gasteiger partial charge in [-0.2, -0.15) is 5.26 Å². The first-order valence-corrected chi connectivity index (χ1v) is 8.28. The Bertz CT molecular complexity index is 1100. The second-order valence-electron chi connectivity index (χ2n) is 5.89. The molecule has 0 aliphatic carbocycles. The number of nitriles is 1. The molecule has 0 fully saturated rings. The summed E-state index contributed by atoms with van der Waals surface area (Å²) < 4.78 is 1.40. The smallest absolute Gasteiger partial charge is 0.273 e. The van der Waals surface area contributed by atoms with E-state index in [0.29, 0.717) is 17.7 Å². The summed E-state index contributed by atoms with van der Waals surface area (Å²) in [5, 5.41) is 27.2. The normalized spacial score (nSPS) is 10.5. The number of aromatic nitrogens is 1. The highest BCUT2D eigenvalue weighted by Gasteiger charge is 2.13. The average Bonchev–Trinajstić information content (AvgIpc) is 2.68. The number of hydrogen-bond acceptors (Lipinski definition) is 6. The molecular weight excluding hydrogens is 346 g/mol. The van der Waals surface area contributed by atoms with Crippen molar-refractivity contribution in [1.82, 2.24) is 9.88 Å². The lowest BCUT2D eigenvalue weighted by Gasteiger charge is -2.13. The first kappa shape index (κ1) is 18.1. The van der Waals surface area contributed by atoms with Gasteiger partial charge in [-0.05, 0) is 37.4 Å². The number of nitro benzene ring substituents is 1. The van der Waals surface area contributed by atoms with Crippen molar-refractivity contribution >= 4 is 22.3 Å². The molecule has 0 aliphatic rings. The molecule has 0 atom stereocenters. The molecule has 8 nitrogen and oxygen atoms in total. The quantitative estimate of drug-likeness (QED) is 0.395. The number of anilines is 1. The van der Waals surface area contributed by atoms with Crippen molar-refractivity contribution in [2.24, 2.45) is 0 Å². The zero-order chi connectivity index (χ0) is 19.4. The molecule has 3 rings (SSSR count). The van der Waals surface area contributed by atoms with Gasteiger partial charge in [0.25, 0.3) is 11.2 Å². The van der Waals surface area contributed by atoms with Gasteiger partial charge in [0, 0.05) is 42.0 Å². The highest BCUT2D eigenvalue weighted by atomic mass is 16.6. The van der Waals surface area contributed by atoms with Gasteiger partial charge >= 0.3 is 0 Å². The Hall–Kier alpha value is -3.70. The molecule has 0 unspecified atom stereocenters. The Morgan fingerprint density at radius 2 is 1.89 bits per heavy atom. The van der Waals surface area contributed by atoms with Crippen LogP contribution in [0.1, 0.15) is 5.56 Å². The fourth-order valence-electron chi connectivity index (χ4n) is 2.81. The van der Waals surface area contributed by atoms with Crippen LogP contribution in [0.3, 0.4) is 0 Å². The third-order valence-electron chi connectivity index (χ3n) is 4.15. The molecular formula is C19H17N5O3. The minimum atomic E-state index is -0.500. The summed E-state index contributed by atoms with van der Waals surface area (Å²) in [4.78, 5) is 23.2. The number of hydrogen-bond donors (Lipinski definition) is 2. The van der Waals surface area contributed by atoms with Crippen molar-refractivity contribution in [3.63, 3.8) is 0 Å². The summed E-state index contributed by atoms with van der Waals surface area (Å²) in [6, 6.07) is 14.7. The molecule has 0 bridgehead atoms. The number of non-ortho nitro benzene ring substituents is 1. The molecule has 1 heterocycles. The average molecular weight is 363 g/mol. The molecule has 0 saturated carbocycles. The van der Waals surface area contributed by atoms with Gasteiger partial charge in [0.2, 0.25) is 0 Å². The van der Waals surface area contributed by atoms with Gasteiger partial charge < -0.3 is 10.6 Å². The summed E-state index contributed by atoms with van der Waals surface area (Å²) >= 11 is 0. The number of nitro groups is 1. The maximum absolute atomic E-state index is 12.8.